The molecule has 1 amide bonds. The van der Waals surface area contributed by atoms with Gasteiger partial charge in [-0.25, -0.2) is 13.1 Å². The topological polar surface area (TPSA) is 93.7 Å². The molecule has 0 saturated carbocycles. The molecule has 0 atom stereocenters. The van der Waals surface area contributed by atoms with Gasteiger partial charge in [0, 0.05) is 30.3 Å². The van der Waals surface area contributed by atoms with Crippen LogP contribution < -0.4 is 14.8 Å². The number of nitrogens with one attached hydrogen (secondary N) is 2. The molecule has 0 radical (unpaired) electrons. The Morgan fingerprint density at radius 3 is 2.47 bits per heavy atom. The molecule has 2 N–H and O–H groups in total. The molecule has 0 aliphatic heterocycles. The summed E-state index contributed by atoms with van der Waals surface area (Å²) in [4.78, 5) is 12.3. The van der Waals surface area contributed by atoms with E-state index in [1.807, 2.05) is 13.8 Å². The Hall–Kier alpha value is -2.13. The zero-order chi connectivity index (χ0) is 22.1. The number of ether oxygens (including phenoxy) is 2. The monoisotopic (exact) mass is 454 g/mol. The molecule has 0 aliphatic rings. The van der Waals surface area contributed by atoms with Crippen LogP contribution in [-0.4, -0.2) is 40.7 Å². The Bertz CT molecular complexity index is 946. The number of benzene rings is 2. The van der Waals surface area contributed by atoms with Crippen molar-refractivity contribution in [2.24, 2.45) is 0 Å². The molecule has 2 aromatic carbocycles. The maximum atomic E-state index is 12.8. The van der Waals surface area contributed by atoms with Gasteiger partial charge in [0.1, 0.15) is 10.6 Å². The minimum Gasteiger partial charge on any atom is -0.495 e. The van der Waals surface area contributed by atoms with E-state index in [4.69, 9.17) is 21.1 Å². The van der Waals surface area contributed by atoms with E-state index >= 15 is 0 Å². The number of sulfonamides is 1. The molecule has 0 aliphatic carbocycles. The van der Waals surface area contributed by atoms with E-state index in [1.54, 1.807) is 24.3 Å². The molecule has 0 heterocycles. The Balaban J connectivity index is 2.08. The van der Waals surface area contributed by atoms with Gasteiger partial charge in [0.15, 0.2) is 0 Å². The summed E-state index contributed by atoms with van der Waals surface area (Å²) in [6.07, 6.45) is 0.795. The highest BCUT2D eigenvalue weighted by molar-refractivity contribution is 7.89. The van der Waals surface area contributed by atoms with Gasteiger partial charge in [-0.3, -0.25) is 4.79 Å². The van der Waals surface area contributed by atoms with Crippen molar-refractivity contribution < 1.29 is 22.7 Å². The van der Waals surface area contributed by atoms with Crippen LogP contribution in [0.5, 0.6) is 5.75 Å². The van der Waals surface area contributed by atoms with Gasteiger partial charge in [-0.05, 0) is 56.2 Å². The standard InChI is InChI=1S/C21H27ClN2O5S/c1-15(2)29-12-4-11-23-21(25)17-7-10-19(28-3)20(13-17)30(26,27)24-14-16-5-8-18(22)9-6-16/h5-10,13,15,24H,4,11-12,14H2,1-3H3,(H,23,25). The number of carbonyl (C=O) groups is 1. The van der Waals surface area contributed by atoms with E-state index < -0.39 is 10.0 Å². The van der Waals surface area contributed by atoms with E-state index in [2.05, 4.69) is 10.0 Å². The van der Waals surface area contributed by atoms with Crippen molar-refractivity contribution in [3.63, 3.8) is 0 Å². The van der Waals surface area contributed by atoms with Gasteiger partial charge in [0.25, 0.3) is 5.91 Å². The summed E-state index contributed by atoms with van der Waals surface area (Å²) in [5, 5.41) is 3.33. The summed E-state index contributed by atoms with van der Waals surface area (Å²) in [5.74, 6) is -0.211. The highest BCUT2D eigenvalue weighted by Crippen LogP contribution is 2.25. The fourth-order valence-corrected chi connectivity index (χ4v) is 3.92. The third-order valence-electron chi connectivity index (χ3n) is 4.15. The number of rotatable bonds is 11. The van der Waals surface area contributed by atoms with Gasteiger partial charge in [-0.1, -0.05) is 23.7 Å². The lowest BCUT2D eigenvalue weighted by Crippen LogP contribution is -2.27. The predicted octanol–water partition coefficient (Wildman–Crippen LogP) is 3.37. The van der Waals surface area contributed by atoms with Crippen molar-refractivity contribution in [3.05, 3.63) is 58.6 Å². The third-order valence-corrected chi connectivity index (χ3v) is 5.83. The second-order valence-corrected chi connectivity index (χ2v) is 9.02. The molecular formula is C21H27ClN2O5S. The molecule has 2 aromatic rings. The van der Waals surface area contributed by atoms with E-state index in [9.17, 15) is 13.2 Å². The van der Waals surface area contributed by atoms with Crippen LogP contribution in [0, 0.1) is 0 Å². The van der Waals surface area contributed by atoms with Crippen LogP contribution in [0.2, 0.25) is 5.02 Å². The summed E-state index contributed by atoms with van der Waals surface area (Å²) in [6.45, 7) is 4.93. The Kier molecular flexibility index (Phi) is 9.10. The number of amides is 1. The molecule has 0 bridgehead atoms. The van der Waals surface area contributed by atoms with Crippen molar-refractivity contribution in [2.45, 2.75) is 37.8 Å². The first kappa shape index (κ1) is 24.1. The van der Waals surface area contributed by atoms with Crippen LogP contribution in [0.15, 0.2) is 47.4 Å². The highest BCUT2D eigenvalue weighted by Gasteiger charge is 2.21. The quantitative estimate of drug-likeness (QED) is 0.508. The minimum absolute atomic E-state index is 0.0783. The zero-order valence-corrected chi connectivity index (χ0v) is 18.8. The number of methoxy groups -OCH3 is 1. The van der Waals surface area contributed by atoms with Crippen molar-refractivity contribution in [1.29, 1.82) is 0 Å². The summed E-state index contributed by atoms with van der Waals surface area (Å²) in [6, 6.07) is 11.1. The SMILES string of the molecule is COc1ccc(C(=O)NCCCOC(C)C)cc1S(=O)(=O)NCc1ccc(Cl)cc1. The Morgan fingerprint density at radius 2 is 1.83 bits per heavy atom. The molecule has 0 saturated heterocycles. The Morgan fingerprint density at radius 1 is 1.13 bits per heavy atom. The van der Waals surface area contributed by atoms with Crippen LogP contribution in [-0.2, 0) is 21.3 Å². The van der Waals surface area contributed by atoms with E-state index in [0.29, 0.717) is 24.6 Å². The molecule has 9 heteroatoms. The maximum Gasteiger partial charge on any atom is 0.251 e. The van der Waals surface area contributed by atoms with Crippen molar-refractivity contribution in [3.8, 4) is 5.75 Å². The molecule has 0 spiro atoms. The fourth-order valence-electron chi connectivity index (χ4n) is 2.58. The lowest BCUT2D eigenvalue weighted by atomic mass is 10.2. The van der Waals surface area contributed by atoms with Crippen LogP contribution in [0.25, 0.3) is 0 Å². The average Bonchev–Trinajstić information content (AvgIpc) is 2.72. The lowest BCUT2D eigenvalue weighted by molar-refractivity contribution is 0.0757. The van der Waals surface area contributed by atoms with Crippen molar-refractivity contribution in [1.82, 2.24) is 10.0 Å². The lowest BCUT2D eigenvalue weighted by Gasteiger charge is -2.13. The van der Waals surface area contributed by atoms with Gasteiger partial charge in [-0.15, -0.1) is 0 Å². The first-order valence-electron chi connectivity index (χ1n) is 9.55. The second kappa shape index (κ2) is 11.3. The highest BCUT2D eigenvalue weighted by atomic mass is 35.5. The Labute approximate surface area is 182 Å². The molecule has 7 nitrogen and oxygen atoms in total. The summed E-state index contributed by atoms with van der Waals surface area (Å²) in [5.41, 5.74) is 0.979. The van der Waals surface area contributed by atoms with Gasteiger partial charge in [0.05, 0.1) is 13.2 Å². The number of halogens is 1. The fraction of sp³-hybridized carbons (Fsp3) is 0.381. The predicted molar refractivity (Wildman–Crippen MR) is 117 cm³/mol. The van der Waals surface area contributed by atoms with Gasteiger partial charge in [0.2, 0.25) is 10.0 Å². The van der Waals surface area contributed by atoms with Crippen molar-refractivity contribution >= 4 is 27.5 Å². The molecular weight excluding hydrogens is 428 g/mol. The van der Waals surface area contributed by atoms with Crippen molar-refractivity contribution in [2.75, 3.05) is 20.3 Å². The minimum atomic E-state index is -3.91. The summed E-state index contributed by atoms with van der Waals surface area (Å²) >= 11 is 5.85. The van der Waals surface area contributed by atoms with E-state index in [1.165, 1.54) is 25.3 Å². The molecule has 2 rings (SSSR count). The van der Waals surface area contributed by atoms with Gasteiger partial charge >= 0.3 is 0 Å². The van der Waals surface area contributed by atoms with E-state index in [0.717, 1.165) is 5.56 Å². The number of carbonyl (C=O) groups excluding carboxylic acids is 1. The molecule has 30 heavy (non-hydrogen) atoms. The number of hydrogen-bond acceptors (Lipinski definition) is 5. The largest absolute Gasteiger partial charge is 0.495 e. The first-order chi connectivity index (χ1) is 14.2. The summed E-state index contributed by atoms with van der Waals surface area (Å²) in [7, 11) is -2.54. The molecule has 0 unspecified atom stereocenters. The van der Waals surface area contributed by atoms with Gasteiger partial charge < -0.3 is 14.8 Å². The zero-order valence-electron chi connectivity index (χ0n) is 17.3. The smallest absolute Gasteiger partial charge is 0.251 e. The molecule has 0 fully saturated rings. The first-order valence-corrected chi connectivity index (χ1v) is 11.4. The van der Waals surface area contributed by atoms with Crippen LogP contribution >= 0.6 is 11.6 Å². The molecule has 0 aromatic heterocycles. The van der Waals surface area contributed by atoms with Crippen LogP contribution in [0.1, 0.15) is 36.2 Å². The van der Waals surface area contributed by atoms with Crippen LogP contribution in [0.4, 0.5) is 0 Å². The average molecular weight is 455 g/mol. The second-order valence-electron chi connectivity index (χ2n) is 6.85. The van der Waals surface area contributed by atoms with Gasteiger partial charge in [-0.2, -0.15) is 0 Å². The normalized spacial score (nSPS) is 11.5. The third kappa shape index (κ3) is 7.28. The number of hydrogen-bond donors (Lipinski definition) is 2. The molecule has 164 valence electrons. The summed E-state index contributed by atoms with van der Waals surface area (Å²) < 4.78 is 38.8. The van der Waals surface area contributed by atoms with Crippen LogP contribution in [0.3, 0.4) is 0 Å². The maximum absolute atomic E-state index is 12.8. The van der Waals surface area contributed by atoms with E-state index in [-0.39, 0.29) is 34.8 Å².